The Morgan fingerprint density at radius 1 is 1.06 bits per heavy atom. The Kier molecular flexibility index (Phi) is 5.46. The minimum atomic E-state index is -0.622. The molecule has 2 aromatic carbocycles. The molecular weight excluding hydrogens is 388 g/mol. The largest absolute Gasteiger partial charge is 0.490 e. The molecule has 4 rings (SSSR count). The number of nitrogens with zero attached hydrogens (tertiary/aromatic N) is 1. The van der Waals surface area contributed by atoms with Crippen molar-refractivity contribution in [3.63, 3.8) is 0 Å². The highest BCUT2D eigenvalue weighted by molar-refractivity contribution is 5.84. The first kappa shape index (κ1) is 21.3. The van der Waals surface area contributed by atoms with E-state index in [1.54, 1.807) is 0 Å². The number of nitrogens with one attached hydrogen (secondary N) is 1. The molecule has 0 aliphatic carbocycles. The van der Waals surface area contributed by atoms with Gasteiger partial charge in [0, 0.05) is 24.1 Å². The minimum Gasteiger partial charge on any atom is -0.490 e. The fourth-order valence-corrected chi connectivity index (χ4v) is 4.86. The van der Waals surface area contributed by atoms with Crippen LogP contribution >= 0.6 is 0 Å². The van der Waals surface area contributed by atoms with Gasteiger partial charge in [-0.15, -0.1) is 0 Å². The second-order valence-electron chi connectivity index (χ2n) is 8.77. The zero-order valence-corrected chi connectivity index (χ0v) is 19.1. The molecule has 0 aromatic heterocycles. The zero-order chi connectivity index (χ0) is 22.2. The fourth-order valence-electron chi connectivity index (χ4n) is 4.86. The van der Waals surface area contributed by atoms with Crippen LogP contribution in [0.1, 0.15) is 50.8 Å². The number of amides is 1. The third kappa shape index (κ3) is 3.46. The molecule has 1 fully saturated rings. The third-order valence-electron chi connectivity index (χ3n) is 6.47. The van der Waals surface area contributed by atoms with Crippen molar-refractivity contribution in [3.8, 4) is 11.5 Å². The SMILES string of the molecule is CCOc1ccc(C=C[C@]23NC(=O)CCN2c2ccc(C)cc2C3(C)C)cc1OCC. The smallest absolute Gasteiger partial charge is 0.223 e. The Hall–Kier alpha value is -2.95. The maximum atomic E-state index is 12.6. The van der Waals surface area contributed by atoms with E-state index < -0.39 is 5.66 Å². The summed E-state index contributed by atoms with van der Waals surface area (Å²) in [5, 5.41) is 3.33. The van der Waals surface area contributed by atoms with Crippen LogP contribution in [0.2, 0.25) is 0 Å². The summed E-state index contributed by atoms with van der Waals surface area (Å²) >= 11 is 0. The van der Waals surface area contributed by atoms with Gasteiger partial charge in [-0.3, -0.25) is 4.79 Å². The molecule has 0 spiro atoms. The van der Waals surface area contributed by atoms with Crippen LogP contribution < -0.4 is 19.7 Å². The van der Waals surface area contributed by atoms with E-state index in [0.29, 0.717) is 26.2 Å². The number of fused-ring (bicyclic) bond motifs is 3. The molecule has 5 nitrogen and oxygen atoms in total. The van der Waals surface area contributed by atoms with E-state index in [4.69, 9.17) is 9.47 Å². The Balaban J connectivity index is 1.77. The van der Waals surface area contributed by atoms with E-state index in [1.165, 1.54) is 16.8 Å². The van der Waals surface area contributed by atoms with Gasteiger partial charge in [-0.1, -0.05) is 43.7 Å². The summed E-state index contributed by atoms with van der Waals surface area (Å²) in [6.45, 7) is 12.3. The number of hydrogen-bond donors (Lipinski definition) is 1. The van der Waals surface area contributed by atoms with Crippen LogP contribution in [0, 0.1) is 6.92 Å². The molecule has 31 heavy (non-hydrogen) atoms. The number of benzene rings is 2. The van der Waals surface area contributed by atoms with E-state index in [-0.39, 0.29) is 11.3 Å². The maximum absolute atomic E-state index is 12.6. The van der Waals surface area contributed by atoms with Gasteiger partial charge < -0.3 is 19.7 Å². The van der Waals surface area contributed by atoms with Gasteiger partial charge in [0.25, 0.3) is 0 Å². The average molecular weight is 421 g/mol. The Bertz CT molecular complexity index is 1030. The van der Waals surface area contributed by atoms with Crippen molar-refractivity contribution in [2.75, 3.05) is 24.7 Å². The fraction of sp³-hybridized carbons (Fsp3) is 0.423. The van der Waals surface area contributed by atoms with E-state index in [2.05, 4.69) is 61.3 Å². The lowest BCUT2D eigenvalue weighted by Gasteiger charge is -2.49. The Morgan fingerprint density at radius 3 is 2.55 bits per heavy atom. The van der Waals surface area contributed by atoms with Gasteiger partial charge >= 0.3 is 0 Å². The van der Waals surface area contributed by atoms with Crippen molar-refractivity contribution in [2.45, 2.75) is 52.1 Å². The molecular formula is C26H32N2O3. The number of carbonyl (C=O) groups excluding carboxylic acids is 1. The highest BCUT2D eigenvalue weighted by atomic mass is 16.5. The predicted molar refractivity (Wildman–Crippen MR) is 125 cm³/mol. The second-order valence-corrected chi connectivity index (χ2v) is 8.77. The summed E-state index contributed by atoms with van der Waals surface area (Å²) in [6.07, 6.45) is 4.72. The van der Waals surface area contributed by atoms with Gasteiger partial charge in [0.1, 0.15) is 5.66 Å². The molecule has 0 bridgehead atoms. The molecule has 2 heterocycles. The van der Waals surface area contributed by atoms with E-state index >= 15 is 0 Å². The predicted octanol–water partition coefficient (Wildman–Crippen LogP) is 4.82. The van der Waals surface area contributed by atoms with E-state index in [1.807, 2.05) is 32.0 Å². The number of rotatable bonds is 6. The lowest BCUT2D eigenvalue weighted by molar-refractivity contribution is -0.124. The molecule has 164 valence electrons. The summed E-state index contributed by atoms with van der Waals surface area (Å²) in [5.74, 6) is 1.56. The monoisotopic (exact) mass is 420 g/mol. The normalized spacial score (nSPS) is 21.6. The maximum Gasteiger partial charge on any atom is 0.223 e. The third-order valence-corrected chi connectivity index (χ3v) is 6.47. The molecule has 5 heteroatoms. The van der Waals surface area contributed by atoms with Gasteiger partial charge in [-0.05, 0) is 56.2 Å². The molecule has 0 saturated carbocycles. The lowest BCUT2D eigenvalue weighted by atomic mass is 9.74. The van der Waals surface area contributed by atoms with Gasteiger partial charge in [-0.25, -0.2) is 0 Å². The highest BCUT2D eigenvalue weighted by Gasteiger charge is 2.57. The highest BCUT2D eigenvalue weighted by Crippen LogP contribution is 2.52. The average Bonchev–Trinajstić information content (AvgIpc) is 2.92. The topological polar surface area (TPSA) is 50.8 Å². The molecule has 0 unspecified atom stereocenters. The van der Waals surface area contributed by atoms with Crippen molar-refractivity contribution in [3.05, 3.63) is 59.2 Å². The first-order valence-corrected chi connectivity index (χ1v) is 11.1. The molecule has 1 amide bonds. The second kappa shape index (κ2) is 7.95. The summed E-state index contributed by atoms with van der Waals surface area (Å²) < 4.78 is 11.5. The van der Waals surface area contributed by atoms with Crippen molar-refractivity contribution in [2.24, 2.45) is 0 Å². The molecule has 2 aliphatic rings. The van der Waals surface area contributed by atoms with Crippen LogP contribution in [0.15, 0.2) is 42.5 Å². The molecule has 1 N–H and O–H groups in total. The van der Waals surface area contributed by atoms with Crippen LogP contribution in [0.3, 0.4) is 0 Å². The zero-order valence-electron chi connectivity index (χ0n) is 19.1. The first-order chi connectivity index (χ1) is 14.8. The summed E-state index contributed by atoms with van der Waals surface area (Å²) in [5.41, 5.74) is 3.77. The lowest BCUT2D eigenvalue weighted by Crippen LogP contribution is -2.68. The molecule has 2 aromatic rings. The van der Waals surface area contributed by atoms with E-state index in [9.17, 15) is 4.79 Å². The van der Waals surface area contributed by atoms with Gasteiger partial charge in [-0.2, -0.15) is 0 Å². The van der Waals surface area contributed by atoms with Gasteiger partial charge in [0.2, 0.25) is 5.91 Å². The number of anilines is 1. The van der Waals surface area contributed by atoms with Crippen LogP contribution in [0.25, 0.3) is 6.08 Å². The van der Waals surface area contributed by atoms with Crippen LogP contribution in [-0.2, 0) is 10.2 Å². The quantitative estimate of drug-likeness (QED) is 0.728. The molecule has 0 radical (unpaired) electrons. The summed E-state index contributed by atoms with van der Waals surface area (Å²) in [4.78, 5) is 14.9. The Labute approximate surface area is 185 Å². The van der Waals surface area contributed by atoms with Crippen LogP contribution in [-0.4, -0.2) is 31.3 Å². The van der Waals surface area contributed by atoms with Crippen molar-refractivity contribution in [1.82, 2.24) is 5.32 Å². The Morgan fingerprint density at radius 2 is 1.81 bits per heavy atom. The molecule has 1 atom stereocenters. The number of carbonyl (C=O) groups is 1. The van der Waals surface area contributed by atoms with Crippen molar-refractivity contribution in [1.29, 1.82) is 0 Å². The number of ether oxygens (including phenoxy) is 2. The molecule has 1 saturated heterocycles. The minimum absolute atomic E-state index is 0.0835. The first-order valence-electron chi connectivity index (χ1n) is 11.1. The van der Waals surface area contributed by atoms with Gasteiger partial charge in [0.05, 0.1) is 13.2 Å². The van der Waals surface area contributed by atoms with Crippen molar-refractivity contribution >= 4 is 17.7 Å². The van der Waals surface area contributed by atoms with Gasteiger partial charge in [0.15, 0.2) is 11.5 Å². The summed E-state index contributed by atoms with van der Waals surface area (Å²) in [6, 6.07) is 12.5. The summed E-state index contributed by atoms with van der Waals surface area (Å²) in [7, 11) is 0. The number of aryl methyl sites for hydroxylation is 1. The number of hydrogen-bond acceptors (Lipinski definition) is 4. The standard InChI is InChI=1S/C26H32N2O3/c1-6-30-22-11-9-19(17-23(22)31-7-2)12-14-26-25(4,5)20-16-18(3)8-10-21(20)28(26)15-13-24(29)27-26/h8-12,14,16-17H,6-7,13,15H2,1-5H3,(H,27,29)/t26-/m0/s1. The van der Waals surface area contributed by atoms with E-state index in [0.717, 1.165) is 17.1 Å². The van der Waals surface area contributed by atoms with Crippen LogP contribution in [0.4, 0.5) is 5.69 Å². The van der Waals surface area contributed by atoms with Crippen molar-refractivity contribution < 1.29 is 14.3 Å². The van der Waals surface area contributed by atoms with Crippen LogP contribution in [0.5, 0.6) is 11.5 Å². The molecule has 2 aliphatic heterocycles.